The first-order valence-corrected chi connectivity index (χ1v) is 11.1. The van der Waals surface area contributed by atoms with Crippen LogP contribution in [0.15, 0.2) is 72.3 Å². The highest BCUT2D eigenvalue weighted by Crippen LogP contribution is 2.44. The van der Waals surface area contributed by atoms with Gasteiger partial charge in [0.2, 0.25) is 0 Å². The van der Waals surface area contributed by atoms with Crippen LogP contribution in [0.5, 0.6) is 0 Å². The molecule has 0 fully saturated rings. The van der Waals surface area contributed by atoms with Gasteiger partial charge in [-0.1, -0.05) is 73.4 Å². The summed E-state index contributed by atoms with van der Waals surface area (Å²) in [7, 11) is 0. The Hall–Kier alpha value is -3.23. The van der Waals surface area contributed by atoms with Gasteiger partial charge in [-0.05, 0) is 70.1 Å². The van der Waals surface area contributed by atoms with E-state index >= 15 is 0 Å². The van der Waals surface area contributed by atoms with Crippen LogP contribution in [0.25, 0.3) is 44.1 Å². The van der Waals surface area contributed by atoms with Crippen LogP contribution in [0, 0.1) is 13.8 Å². The first-order valence-electron chi connectivity index (χ1n) is 10.3. The van der Waals surface area contributed by atoms with E-state index in [1.165, 1.54) is 53.6 Å². The summed E-state index contributed by atoms with van der Waals surface area (Å²) in [5.41, 5.74) is 6.15. The maximum Gasteiger partial charge on any atom is 0.0847 e. The molecule has 0 unspecified atom stereocenters. The molecule has 0 saturated carbocycles. The summed E-state index contributed by atoms with van der Waals surface area (Å²) in [4.78, 5) is 7.22. The number of rotatable bonds is 3. The number of aliphatic imine (C=N–C) groups is 1. The zero-order valence-corrected chi connectivity index (χ0v) is 18.1. The summed E-state index contributed by atoms with van der Waals surface area (Å²) in [6.07, 6.45) is 13.5. The van der Waals surface area contributed by atoms with Crippen molar-refractivity contribution < 1.29 is 0 Å². The number of benzene rings is 3. The molecular formula is C28H23NS. The molecule has 0 amide bonds. The second kappa shape index (κ2) is 7.55. The van der Waals surface area contributed by atoms with Crippen LogP contribution in [-0.4, -0.2) is 6.21 Å². The minimum Gasteiger partial charge on any atom is -0.255 e. The molecule has 2 heteroatoms. The lowest BCUT2D eigenvalue weighted by molar-refractivity contribution is 1.40. The van der Waals surface area contributed by atoms with E-state index in [0.717, 1.165) is 12.1 Å². The quantitative estimate of drug-likeness (QED) is 0.239. The van der Waals surface area contributed by atoms with Crippen molar-refractivity contribution in [1.29, 1.82) is 0 Å². The number of hydrogen-bond acceptors (Lipinski definition) is 2. The summed E-state index contributed by atoms with van der Waals surface area (Å²) in [6.45, 7) is 8.10. The van der Waals surface area contributed by atoms with Gasteiger partial charge in [0.1, 0.15) is 0 Å². The molecule has 0 aliphatic heterocycles. The molecule has 4 aromatic rings. The van der Waals surface area contributed by atoms with Gasteiger partial charge in [0.05, 0.1) is 10.6 Å². The standard InChI is InChI=1S/C28H23NS/c1-4-16-29-27-18(2)19(3)30-28(27)20-14-15-25-23-11-7-5-6-10-21(23)22-12-8-9-13-24(22)26(25)17-20/h4,6-17H,1,5H2,2-3H3. The molecule has 1 aliphatic rings. The molecule has 1 aliphatic carbocycles. The fourth-order valence-electron chi connectivity index (χ4n) is 4.29. The van der Waals surface area contributed by atoms with Crippen molar-refractivity contribution in [3.63, 3.8) is 0 Å². The molecule has 1 aromatic heterocycles. The number of aryl methyl sites for hydroxylation is 1. The summed E-state index contributed by atoms with van der Waals surface area (Å²) >= 11 is 1.82. The van der Waals surface area contributed by atoms with Gasteiger partial charge in [-0.15, -0.1) is 11.3 Å². The van der Waals surface area contributed by atoms with Crippen molar-refractivity contribution in [1.82, 2.24) is 0 Å². The number of allylic oxidation sites excluding steroid dienone is 3. The summed E-state index contributed by atoms with van der Waals surface area (Å²) < 4.78 is 0. The highest BCUT2D eigenvalue weighted by Gasteiger charge is 2.16. The van der Waals surface area contributed by atoms with E-state index in [-0.39, 0.29) is 0 Å². The monoisotopic (exact) mass is 405 g/mol. The van der Waals surface area contributed by atoms with E-state index in [1.807, 2.05) is 11.3 Å². The molecule has 0 saturated heterocycles. The smallest absolute Gasteiger partial charge is 0.0847 e. The van der Waals surface area contributed by atoms with Crippen molar-refractivity contribution in [3.8, 4) is 10.4 Å². The zero-order valence-electron chi connectivity index (χ0n) is 17.3. The third kappa shape index (κ3) is 2.96. The molecule has 5 rings (SSSR count). The average Bonchev–Trinajstić information content (AvgIpc) is 2.94. The summed E-state index contributed by atoms with van der Waals surface area (Å²) in [5, 5.41) is 5.21. The maximum atomic E-state index is 4.69. The van der Waals surface area contributed by atoms with Gasteiger partial charge in [-0.3, -0.25) is 4.99 Å². The van der Waals surface area contributed by atoms with Crippen molar-refractivity contribution in [2.75, 3.05) is 0 Å². The van der Waals surface area contributed by atoms with Crippen LogP contribution in [-0.2, 0) is 0 Å². The van der Waals surface area contributed by atoms with Crippen LogP contribution in [0.1, 0.15) is 28.0 Å². The van der Waals surface area contributed by atoms with Crippen LogP contribution in [0.4, 0.5) is 5.69 Å². The minimum atomic E-state index is 0.973. The summed E-state index contributed by atoms with van der Waals surface area (Å²) in [6, 6.07) is 15.6. The van der Waals surface area contributed by atoms with Gasteiger partial charge in [-0.2, -0.15) is 0 Å². The number of fused-ring (bicyclic) bond motifs is 6. The lowest BCUT2D eigenvalue weighted by Crippen LogP contribution is -1.89. The zero-order chi connectivity index (χ0) is 20.7. The topological polar surface area (TPSA) is 12.4 Å². The van der Waals surface area contributed by atoms with Crippen molar-refractivity contribution in [2.24, 2.45) is 4.99 Å². The fourth-order valence-corrected chi connectivity index (χ4v) is 5.39. The maximum absolute atomic E-state index is 4.69. The van der Waals surface area contributed by atoms with E-state index in [2.05, 4.69) is 87.2 Å². The third-order valence-corrected chi connectivity index (χ3v) is 7.12. The predicted octanol–water partition coefficient (Wildman–Crippen LogP) is 8.66. The van der Waals surface area contributed by atoms with Crippen LogP contribution in [0.2, 0.25) is 0 Å². The Kier molecular flexibility index (Phi) is 4.72. The normalized spacial score (nSPS) is 13.3. The summed E-state index contributed by atoms with van der Waals surface area (Å²) in [5.74, 6) is 0. The number of nitrogens with zero attached hydrogens (tertiary/aromatic N) is 1. The highest BCUT2D eigenvalue weighted by molar-refractivity contribution is 7.16. The lowest BCUT2D eigenvalue weighted by atomic mass is 9.90. The third-order valence-electron chi connectivity index (χ3n) is 5.87. The van der Waals surface area contributed by atoms with Gasteiger partial charge in [0.25, 0.3) is 0 Å². The van der Waals surface area contributed by atoms with Gasteiger partial charge in [-0.25, -0.2) is 0 Å². The van der Waals surface area contributed by atoms with Gasteiger partial charge in [0.15, 0.2) is 0 Å². The first-order chi connectivity index (χ1) is 14.7. The second-order valence-electron chi connectivity index (χ2n) is 7.65. The Labute approximate surface area is 181 Å². The highest BCUT2D eigenvalue weighted by atomic mass is 32.1. The second-order valence-corrected chi connectivity index (χ2v) is 8.87. The Balaban J connectivity index is 1.85. The molecule has 3 aromatic carbocycles. The SMILES string of the molecule is C=CC=Nc1c(-c2ccc3c4c(c5ccccc5c3c2)C=CCC=C4)sc(C)c1C. The fraction of sp³-hybridized carbons (Fsp3) is 0.107. The van der Waals surface area contributed by atoms with Gasteiger partial charge < -0.3 is 0 Å². The Morgan fingerprint density at radius 1 is 0.900 bits per heavy atom. The molecule has 146 valence electrons. The average molecular weight is 406 g/mol. The molecule has 0 atom stereocenters. The van der Waals surface area contributed by atoms with Crippen molar-refractivity contribution in [3.05, 3.63) is 88.8 Å². The Morgan fingerprint density at radius 3 is 2.33 bits per heavy atom. The van der Waals surface area contributed by atoms with E-state index < -0.39 is 0 Å². The molecule has 0 bridgehead atoms. The Bertz CT molecular complexity index is 1400. The van der Waals surface area contributed by atoms with Crippen molar-refractivity contribution in [2.45, 2.75) is 20.3 Å². The Morgan fingerprint density at radius 2 is 1.60 bits per heavy atom. The lowest BCUT2D eigenvalue weighted by Gasteiger charge is -2.14. The first kappa shape index (κ1) is 18.8. The molecule has 30 heavy (non-hydrogen) atoms. The number of hydrogen-bond donors (Lipinski definition) is 0. The molecule has 1 heterocycles. The number of thiophene rings is 1. The van der Waals surface area contributed by atoms with E-state index in [1.54, 1.807) is 12.3 Å². The van der Waals surface area contributed by atoms with Crippen molar-refractivity contribution >= 4 is 56.9 Å². The van der Waals surface area contributed by atoms with E-state index in [9.17, 15) is 0 Å². The van der Waals surface area contributed by atoms with E-state index in [0.29, 0.717) is 0 Å². The predicted molar refractivity (Wildman–Crippen MR) is 135 cm³/mol. The molecule has 0 radical (unpaired) electrons. The van der Waals surface area contributed by atoms with Gasteiger partial charge in [0, 0.05) is 11.1 Å². The van der Waals surface area contributed by atoms with E-state index in [4.69, 9.17) is 4.99 Å². The molecular weight excluding hydrogens is 382 g/mol. The van der Waals surface area contributed by atoms with Crippen LogP contribution in [0.3, 0.4) is 0 Å². The van der Waals surface area contributed by atoms with Crippen LogP contribution >= 0.6 is 11.3 Å². The largest absolute Gasteiger partial charge is 0.255 e. The minimum absolute atomic E-state index is 0.973. The van der Waals surface area contributed by atoms with Gasteiger partial charge >= 0.3 is 0 Å². The molecule has 0 N–H and O–H groups in total. The van der Waals surface area contributed by atoms with Crippen LogP contribution < -0.4 is 0 Å². The molecule has 0 spiro atoms. The molecule has 1 nitrogen and oxygen atoms in total.